The predicted octanol–water partition coefficient (Wildman–Crippen LogP) is 4.36. The van der Waals surface area contributed by atoms with Crippen molar-refractivity contribution >= 4 is 17.5 Å². The zero-order chi connectivity index (χ0) is 25.2. The van der Waals surface area contributed by atoms with Gasteiger partial charge in [0.25, 0.3) is 0 Å². The molecule has 7 heteroatoms. The normalized spacial score (nSPS) is 29.1. The highest BCUT2D eigenvalue weighted by Gasteiger charge is 2.52. The van der Waals surface area contributed by atoms with Crippen LogP contribution in [-0.2, 0) is 16.0 Å². The molecular formula is C29H33FN4O2. The number of benzene rings is 2. The van der Waals surface area contributed by atoms with Crippen LogP contribution in [0.4, 0.5) is 10.1 Å². The number of alkyl halides is 1. The van der Waals surface area contributed by atoms with E-state index in [4.69, 9.17) is 0 Å². The number of fused-ring (bicyclic) bond motifs is 3. The average molecular weight is 489 g/mol. The fourth-order valence-corrected chi connectivity index (χ4v) is 6.14. The van der Waals surface area contributed by atoms with Gasteiger partial charge in [-0.05, 0) is 68.2 Å². The molecule has 188 valence electrons. The number of nitriles is 1. The minimum Gasteiger partial charge on any atom is -0.326 e. The Morgan fingerprint density at radius 1 is 0.972 bits per heavy atom. The van der Waals surface area contributed by atoms with E-state index in [1.165, 1.54) is 16.0 Å². The van der Waals surface area contributed by atoms with Crippen LogP contribution >= 0.6 is 0 Å². The number of likely N-dealkylation sites (tertiary alicyclic amines) is 1. The van der Waals surface area contributed by atoms with Gasteiger partial charge in [-0.1, -0.05) is 42.5 Å². The van der Waals surface area contributed by atoms with Crippen molar-refractivity contribution in [1.82, 2.24) is 10.2 Å². The number of carbonyl (C=O) groups excluding carboxylic acids is 2. The summed E-state index contributed by atoms with van der Waals surface area (Å²) in [4.78, 5) is 27.3. The van der Waals surface area contributed by atoms with Crippen molar-refractivity contribution < 1.29 is 14.0 Å². The molecule has 6 rings (SSSR count). The number of hydrogen-bond donors (Lipinski definition) is 2. The third kappa shape index (κ3) is 5.01. The van der Waals surface area contributed by atoms with E-state index in [1.807, 2.05) is 36.4 Å². The van der Waals surface area contributed by atoms with Crippen molar-refractivity contribution in [2.45, 2.75) is 69.1 Å². The second-order valence-electron chi connectivity index (χ2n) is 10.8. The molecule has 1 heterocycles. The lowest BCUT2D eigenvalue weighted by Crippen LogP contribution is -2.59. The Kier molecular flexibility index (Phi) is 6.81. The number of halogens is 1. The second kappa shape index (κ2) is 10.0. The zero-order valence-electron chi connectivity index (χ0n) is 20.5. The van der Waals surface area contributed by atoms with E-state index in [0.717, 1.165) is 50.6 Å². The van der Waals surface area contributed by atoms with Crippen molar-refractivity contribution in [3.63, 3.8) is 0 Å². The average Bonchev–Trinajstić information content (AvgIpc) is 3.31. The summed E-state index contributed by atoms with van der Waals surface area (Å²) in [7, 11) is 0. The largest absolute Gasteiger partial charge is 0.326 e. The van der Waals surface area contributed by atoms with Crippen molar-refractivity contribution in [1.29, 1.82) is 5.26 Å². The van der Waals surface area contributed by atoms with Gasteiger partial charge in [0.05, 0.1) is 19.2 Å². The molecule has 4 fully saturated rings. The summed E-state index contributed by atoms with van der Waals surface area (Å²) in [5.74, 6) is -0.127. The lowest BCUT2D eigenvalue weighted by molar-refractivity contribution is -0.135. The van der Waals surface area contributed by atoms with Gasteiger partial charge in [-0.2, -0.15) is 5.26 Å². The summed E-state index contributed by atoms with van der Waals surface area (Å²) in [6.07, 6.45) is 4.67. The Bertz CT molecular complexity index is 1120. The van der Waals surface area contributed by atoms with Gasteiger partial charge in [-0.3, -0.25) is 9.59 Å². The lowest BCUT2D eigenvalue weighted by atomic mass is 9.57. The molecule has 0 radical (unpaired) electrons. The molecule has 2 N–H and O–H groups in total. The highest BCUT2D eigenvalue weighted by Crippen LogP contribution is 2.52. The number of amides is 2. The maximum absolute atomic E-state index is 13.7. The van der Waals surface area contributed by atoms with Crippen LogP contribution in [0.15, 0.2) is 54.6 Å². The van der Waals surface area contributed by atoms with E-state index < -0.39 is 12.2 Å². The second-order valence-corrected chi connectivity index (χ2v) is 10.8. The Morgan fingerprint density at radius 3 is 2.25 bits per heavy atom. The van der Waals surface area contributed by atoms with E-state index in [9.17, 15) is 19.2 Å². The minimum absolute atomic E-state index is 0.00224. The summed E-state index contributed by atoms with van der Waals surface area (Å²) in [5.41, 5.74) is 2.76. The summed E-state index contributed by atoms with van der Waals surface area (Å²) in [5, 5.41) is 15.8. The first-order valence-corrected chi connectivity index (χ1v) is 12.9. The minimum atomic E-state index is -1.12. The van der Waals surface area contributed by atoms with E-state index in [-0.39, 0.29) is 42.3 Å². The van der Waals surface area contributed by atoms with Crippen LogP contribution in [-0.4, -0.2) is 47.6 Å². The van der Waals surface area contributed by atoms with Gasteiger partial charge >= 0.3 is 0 Å². The van der Waals surface area contributed by atoms with E-state index in [1.54, 1.807) is 0 Å². The summed E-state index contributed by atoms with van der Waals surface area (Å²) in [6.45, 7) is 0.113. The van der Waals surface area contributed by atoms with Gasteiger partial charge in [0.2, 0.25) is 11.8 Å². The molecule has 2 aromatic carbocycles. The Hall–Kier alpha value is -3.24. The fourth-order valence-electron chi connectivity index (χ4n) is 6.14. The number of nitrogens with zero attached hydrogens (tertiary/aromatic N) is 2. The van der Waals surface area contributed by atoms with Crippen LogP contribution in [0.3, 0.4) is 0 Å². The Balaban J connectivity index is 1.13. The topological polar surface area (TPSA) is 85.2 Å². The molecular weight excluding hydrogens is 455 g/mol. The maximum Gasteiger partial charge on any atom is 0.237 e. The first-order chi connectivity index (χ1) is 17.4. The number of hydrogen-bond acceptors (Lipinski definition) is 4. The molecule has 0 spiro atoms. The molecule has 36 heavy (non-hydrogen) atoms. The third-order valence-corrected chi connectivity index (χ3v) is 8.52. The molecule has 3 saturated carbocycles. The molecule has 0 aromatic heterocycles. The van der Waals surface area contributed by atoms with Gasteiger partial charge in [0.15, 0.2) is 0 Å². The van der Waals surface area contributed by atoms with Crippen molar-refractivity contribution in [3.8, 4) is 6.07 Å². The van der Waals surface area contributed by atoms with E-state index in [0.29, 0.717) is 0 Å². The van der Waals surface area contributed by atoms with Crippen molar-refractivity contribution in [3.05, 3.63) is 65.7 Å². The quantitative estimate of drug-likeness (QED) is 0.607. The number of anilines is 1. The SMILES string of the molecule is N#C[C@@H]1C[C@H](F)CN1C(=O)CNC12CCC(C(=O)Nc3ccc(Cc4ccccc4)cc3)(CC1)CC2. The van der Waals surface area contributed by atoms with Crippen molar-refractivity contribution in [2.75, 3.05) is 18.4 Å². The number of carbonyl (C=O) groups is 2. The highest BCUT2D eigenvalue weighted by molar-refractivity contribution is 5.95. The molecule has 3 aliphatic carbocycles. The molecule has 2 amide bonds. The summed E-state index contributed by atoms with van der Waals surface area (Å²) in [6, 6.07) is 19.8. The molecule has 4 aliphatic rings. The van der Waals surface area contributed by atoms with Crippen LogP contribution in [0, 0.1) is 16.7 Å². The molecule has 2 bridgehead atoms. The first kappa shape index (κ1) is 24.5. The fraction of sp³-hybridized carbons (Fsp3) is 0.483. The lowest BCUT2D eigenvalue weighted by Gasteiger charge is -2.52. The van der Waals surface area contributed by atoms with Crippen molar-refractivity contribution in [2.24, 2.45) is 5.41 Å². The number of nitrogens with one attached hydrogen (secondary N) is 2. The number of rotatable bonds is 7. The van der Waals surface area contributed by atoms with Gasteiger partial charge < -0.3 is 15.5 Å². The van der Waals surface area contributed by atoms with Gasteiger partial charge in [-0.15, -0.1) is 0 Å². The molecule has 0 unspecified atom stereocenters. The third-order valence-electron chi connectivity index (χ3n) is 8.52. The van der Waals surface area contributed by atoms with Crippen LogP contribution in [0.1, 0.15) is 56.1 Å². The Labute approximate surface area is 211 Å². The van der Waals surface area contributed by atoms with Crippen LogP contribution in [0.2, 0.25) is 0 Å². The Morgan fingerprint density at radius 2 is 1.61 bits per heavy atom. The van der Waals surface area contributed by atoms with E-state index >= 15 is 0 Å². The molecule has 6 nitrogen and oxygen atoms in total. The smallest absolute Gasteiger partial charge is 0.237 e. The maximum atomic E-state index is 13.7. The van der Waals surface area contributed by atoms with Gasteiger partial charge in [0, 0.05) is 23.1 Å². The van der Waals surface area contributed by atoms with Crippen LogP contribution in [0.5, 0.6) is 0 Å². The predicted molar refractivity (Wildman–Crippen MR) is 136 cm³/mol. The first-order valence-electron chi connectivity index (χ1n) is 12.9. The zero-order valence-corrected chi connectivity index (χ0v) is 20.5. The molecule has 1 saturated heterocycles. The van der Waals surface area contributed by atoms with Gasteiger partial charge in [0.1, 0.15) is 12.2 Å². The summed E-state index contributed by atoms with van der Waals surface area (Å²) >= 11 is 0. The van der Waals surface area contributed by atoms with Crippen LogP contribution in [0.25, 0.3) is 0 Å². The van der Waals surface area contributed by atoms with Gasteiger partial charge in [-0.25, -0.2) is 4.39 Å². The molecule has 2 aromatic rings. The molecule has 1 aliphatic heterocycles. The summed E-state index contributed by atoms with van der Waals surface area (Å²) < 4.78 is 13.7. The standard InChI is InChI=1S/C29H33FN4O2/c30-23-17-25(18-31)34(20-23)26(35)19-32-29-13-10-28(11-14-29,12-15-29)27(36)33-24-8-6-22(7-9-24)16-21-4-2-1-3-5-21/h1-9,23,25,32H,10-17,19-20H2,(H,33,36)/t23-,25-,28?,29?/m0/s1. The molecule has 2 atom stereocenters. The monoisotopic (exact) mass is 488 g/mol. The van der Waals surface area contributed by atoms with E-state index in [2.05, 4.69) is 34.9 Å². The van der Waals surface area contributed by atoms with Crippen LogP contribution < -0.4 is 10.6 Å². The highest BCUT2D eigenvalue weighted by atomic mass is 19.1.